The summed E-state index contributed by atoms with van der Waals surface area (Å²) in [6, 6.07) is 9.42. The summed E-state index contributed by atoms with van der Waals surface area (Å²) in [6.45, 7) is 3.05. The van der Waals surface area contributed by atoms with Gasteiger partial charge < -0.3 is 24.0 Å². The number of rotatable bonds is 3. The fraction of sp³-hybridized carbons (Fsp3) is 0.381. The Morgan fingerprint density at radius 3 is 2.67 bits per heavy atom. The van der Waals surface area contributed by atoms with Gasteiger partial charge in [0.1, 0.15) is 0 Å². The Bertz CT molecular complexity index is 890. The Balaban J connectivity index is 1.78. The molecule has 2 aromatic rings. The van der Waals surface area contributed by atoms with Crippen LogP contribution in [0.3, 0.4) is 0 Å². The third-order valence-electron chi connectivity index (χ3n) is 5.45. The van der Waals surface area contributed by atoms with Gasteiger partial charge in [-0.15, -0.1) is 0 Å². The molecule has 0 aromatic heterocycles. The first-order valence-electron chi connectivity index (χ1n) is 9.10. The molecule has 142 valence electrons. The van der Waals surface area contributed by atoms with Crippen LogP contribution in [0.2, 0.25) is 0 Å². The zero-order chi connectivity index (χ0) is 19.2. The number of likely N-dealkylation sites (N-methyl/N-ethyl adjacent to an activating group) is 1. The molecule has 2 aliphatic heterocycles. The summed E-state index contributed by atoms with van der Waals surface area (Å²) in [4.78, 5) is 13.3. The predicted molar refractivity (Wildman–Crippen MR) is 102 cm³/mol. The Kier molecular flexibility index (Phi) is 4.23. The molecule has 2 aromatic carbocycles. The highest BCUT2D eigenvalue weighted by Gasteiger charge is 2.45. The number of quaternary nitrogens is 1. The Morgan fingerprint density at radius 2 is 1.96 bits per heavy atom. The van der Waals surface area contributed by atoms with Crippen molar-refractivity contribution in [2.45, 2.75) is 19.4 Å². The zero-order valence-corrected chi connectivity index (χ0v) is 16.2. The number of carbonyl (C=O) groups excluding carboxylic acids is 1. The number of methoxy groups -OCH3 is 1. The van der Waals surface area contributed by atoms with Crippen LogP contribution < -0.4 is 19.5 Å². The fourth-order valence-electron chi connectivity index (χ4n) is 3.97. The van der Waals surface area contributed by atoms with Gasteiger partial charge in [0.2, 0.25) is 12.5 Å². The van der Waals surface area contributed by atoms with E-state index in [0.29, 0.717) is 21.7 Å². The SMILES string of the molecule is COc1c2c(cc3c1[C@H](C(=O)Nc1ccc(C)cc1)[N+](C)(C)CC3)OCO2. The molecule has 0 radical (unpaired) electrons. The van der Waals surface area contributed by atoms with E-state index in [1.807, 2.05) is 37.3 Å². The van der Waals surface area contributed by atoms with Crippen LogP contribution in [0.1, 0.15) is 22.7 Å². The van der Waals surface area contributed by atoms with E-state index in [-0.39, 0.29) is 12.7 Å². The first-order valence-corrected chi connectivity index (χ1v) is 9.10. The summed E-state index contributed by atoms with van der Waals surface area (Å²) in [6.07, 6.45) is 0.851. The van der Waals surface area contributed by atoms with Gasteiger partial charge in [-0.05, 0) is 30.7 Å². The number of nitrogens with one attached hydrogen (secondary N) is 1. The average molecular weight is 369 g/mol. The Morgan fingerprint density at radius 1 is 1.22 bits per heavy atom. The molecule has 0 saturated carbocycles. The molecule has 6 nitrogen and oxygen atoms in total. The van der Waals surface area contributed by atoms with Gasteiger partial charge in [0, 0.05) is 12.1 Å². The first-order chi connectivity index (χ1) is 12.9. The molecule has 0 saturated heterocycles. The molecule has 2 aliphatic rings. The topological polar surface area (TPSA) is 56.8 Å². The minimum absolute atomic E-state index is 0.0537. The van der Waals surface area contributed by atoms with Crippen LogP contribution in [0.5, 0.6) is 17.2 Å². The molecule has 1 N–H and O–H groups in total. The van der Waals surface area contributed by atoms with E-state index in [1.54, 1.807) is 7.11 Å². The fourth-order valence-corrected chi connectivity index (χ4v) is 3.97. The summed E-state index contributed by atoms with van der Waals surface area (Å²) in [5.74, 6) is 1.83. The van der Waals surface area contributed by atoms with Crippen molar-refractivity contribution in [2.75, 3.05) is 39.9 Å². The molecule has 1 atom stereocenters. The number of aryl methyl sites for hydroxylation is 1. The molecule has 1 amide bonds. The molecule has 0 fully saturated rings. The van der Waals surface area contributed by atoms with E-state index in [9.17, 15) is 4.79 Å². The van der Waals surface area contributed by atoms with Gasteiger partial charge in [-0.1, -0.05) is 17.7 Å². The van der Waals surface area contributed by atoms with Gasteiger partial charge in [-0.3, -0.25) is 4.79 Å². The summed E-state index contributed by atoms with van der Waals surface area (Å²) in [5, 5.41) is 3.07. The molecule has 2 heterocycles. The molecule has 6 heteroatoms. The minimum Gasteiger partial charge on any atom is -0.492 e. The van der Waals surface area contributed by atoms with Crippen LogP contribution in [0.4, 0.5) is 5.69 Å². The van der Waals surface area contributed by atoms with Crippen LogP contribution >= 0.6 is 0 Å². The van der Waals surface area contributed by atoms with Crippen molar-refractivity contribution < 1.29 is 23.5 Å². The van der Waals surface area contributed by atoms with E-state index < -0.39 is 6.04 Å². The van der Waals surface area contributed by atoms with Crippen molar-refractivity contribution >= 4 is 11.6 Å². The van der Waals surface area contributed by atoms with Gasteiger partial charge in [0.25, 0.3) is 5.91 Å². The third kappa shape index (κ3) is 3.00. The lowest BCUT2D eigenvalue weighted by Crippen LogP contribution is -2.52. The van der Waals surface area contributed by atoms with Crippen molar-refractivity contribution in [1.82, 2.24) is 0 Å². The van der Waals surface area contributed by atoms with Gasteiger partial charge >= 0.3 is 0 Å². The van der Waals surface area contributed by atoms with Crippen LogP contribution in [-0.2, 0) is 11.2 Å². The molecule has 0 spiro atoms. The number of ether oxygens (including phenoxy) is 3. The second-order valence-electron chi connectivity index (χ2n) is 7.73. The highest BCUT2D eigenvalue weighted by Crippen LogP contribution is 2.50. The second-order valence-corrected chi connectivity index (χ2v) is 7.73. The predicted octanol–water partition coefficient (Wildman–Crippen LogP) is 3.04. The largest absolute Gasteiger partial charge is 0.492 e. The van der Waals surface area contributed by atoms with E-state index in [2.05, 4.69) is 19.4 Å². The average Bonchev–Trinajstić information content (AvgIpc) is 3.09. The van der Waals surface area contributed by atoms with Crippen molar-refractivity contribution in [3.8, 4) is 17.2 Å². The number of hydrogen-bond acceptors (Lipinski definition) is 4. The maximum Gasteiger partial charge on any atom is 0.287 e. The van der Waals surface area contributed by atoms with Crippen LogP contribution in [0, 0.1) is 6.92 Å². The molecule has 27 heavy (non-hydrogen) atoms. The molecule has 0 unspecified atom stereocenters. The van der Waals surface area contributed by atoms with E-state index >= 15 is 0 Å². The number of carbonyl (C=O) groups is 1. The van der Waals surface area contributed by atoms with Crippen molar-refractivity contribution in [1.29, 1.82) is 0 Å². The van der Waals surface area contributed by atoms with E-state index in [4.69, 9.17) is 14.2 Å². The Hall–Kier alpha value is -2.73. The standard InChI is InChI=1S/C21H24N2O4/c1-13-5-7-15(8-6-13)22-21(24)18-17-14(9-10-23(18,2)3)11-16-19(20(17)25-4)27-12-26-16/h5-8,11,18H,9-10,12H2,1-4H3/p+1/t18-/m1/s1. The maximum absolute atomic E-state index is 13.3. The number of fused-ring (bicyclic) bond motifs is 2. The lowest BCUT2D eigenvalue weighted by Gasteiger charge is -2.42. The molecule has 0 bridgehead atoms. The Labute approximate surface area is 159 Å². The first kappa shape index (κ1) is 17.7. The second kappa shape index (κ2) is 6.46. The normalized spacial score (nSPS) is 19.3. The molecule has 4 rings (SSSR count). The summed E-state index contributed by atoms with van der Waals surface area (Å²) < 4.78 is 17.4. The van der Waals surface area contributed by atoms with Gasteiger partial charge in [0.15, 0.2) is 17.5 Å². The maximum atomic E-state index is 13.3. The quantitative estimate of drug-likeness (QED) is 0.845. The summed E-state index contributed by atoms with van der Waals surface area (Å²) in [7, 11) is 5.76. The van der Waals surface area contributed by atoms with Crippen LogP contribution in [0.15, 0.2) is 30.3 Å². The highest BCUT2D eigenvalue weighted by atomic mass is 16.7. The smallest absolute Gasteiger partial charge is 0.287 e. The van der Waals surface area contributed by atoms with Gasteiger partial charge in [-0.2, -0.15) is 0 Å². The lowest BCUT2D eigenvalue weighted by atomic mass is 9.88. The highest BCUT2D eigenvalue weighted by molar-refractivity contribution is 5.96. The number of anilines is 1. The zero-order valence-electron chi connectivity index (χ0n) is 16.2. The van der Waals surface area contributed by atoms with Crippen LogP contribution in [-0.4, -0.2) is 44.9 Å². The third-order valence-corrected chi connectivity index (χ3v) is 5.45. The summed E-state index contributed by atoms with van der Waals surface area (Å²) in [5.41, 5.74) is 3.92. The number of benzene rings is 2. The van der Waals surface area contributed by atoms with E-state index in [0.717, 1.165) is 35.3 Å². The van der Waals surface area contributed by atoms with Gasteiger partial charge in [0.05, 0.1) is 33.3 Å². The van der Waals surface area contributed by atoms with E-state index in [1.165, 1.54) is 0 Å². The number of amides is 1. The molecular formula is C21H25N2O4+. The monoisotopic (exact) mass is 369 g/mol. The van der Waals surface area contributed by atoms with Crippen molar-refractivity contribution in [3.63, 3.8) is 0 Å². The van der Waals surface area contributed by atoms with Crippen molar-refractivity contribution in [3.05, 3.63) is 47.0 Å². The number of hydrogen-bond donors (Lipinski definition) is 1. The lowest BCUT2D eigenvalue weighted by molar-refractivity contribution is -0.913. The molecule has 0 aliphatic carbocycles. The number of nitrogens with zero attached hydrogens (tertiary/aromatic N) is 1. The minimum atomic E-state index is -0.403. The van der Waals surface area contributed by atoms with Crippen LogP contribution in [0.25, 0.3) is 0 Å². The molecular weight excluding hydrogens is 344 g/mol. The summed E-state index contributed by atoms with van der Waals surface area (Å²) >= 11 is 0. The van der Waals surface area contributed by atoms with Gasteiger partial charge in [-0.25, -0.2) is 0 Å². The van der Waals surface area contributed by atoms with Crippen molar-refractivity contribution in [2.24, 2.45) is 0 Å².